The van der Waals surface area contributed by atoms with Gasteiger partial charge in [-0.15, -0.1) is 0 Å². The molecular weight excluding hydrogens is 254 g/mol. The molecule has 2 aromatic rings. The van der Waals surface area contributed by atoms with Gasteiger partial charge in [-0.25, -0.2) is 13.4 Å². The third kappa shape index (κ3) is 1.74. The minimum Gasteiger partial charge on any atom is -0.343 e. The minimum absolute atomic E-state index is 0.0312. The first-order valence-corrected chi connectivity index (χ1v) is 7.55. The van der Waals surface area contributed by atoms with Crippen molar-refractivity contribution in [1.82, 2.24) is 14.5 Å². The van der Waals surface area contributed by atoms with Crippen molar-refractivity contribution in [1.29, 1.82) is 0 Å². The van der Waals surface area contributed by atoms with Crippen LogP contribution in [0, 0.1) is 6.92 Å². The van der Waals surface area contributed by atoms with E-state index in [4.69, 9.17) is 0 Å². The Kier molecular flexibility index (Phi) is 2.34. The fraction of sp³-hybridized carbons (Fsp3) is 0.455. The second-order valence-corrected chi connectivity index (χ2v) is 6.96. The lowest BCUT2D eigenvalue weighted by molar-refractivity contribution is 0.534. The maximum Gasteiger partial charge on any atom is 0.263 e. The van der Waals surface area contributed by atoms with Gasteiger partial charge in [-0.3, -0.25) is 9.36 Å². The third-order valence-corrected chi connectivity index (χ3v) is 5.06. The van der Waals surface area contributed by atoms with E-state index in [2.05, 4.69) is 9.97 Å². The highest BCUT2D eigenvalue weighted by Crippen LogP contribution is 2.22. The molecule has 1 atom stereocenters. The zero-order valence-electron chi connectivity index (χ0n) is 9.88. The third-order valence-electron chi connectivity index (χ3n) is 3.31. The zero-order chi connectivity index (χ0) is 12.9. The van der Waals surface area contributed by atoms with Crippen LogP contribution in [0.1, 0.15) is 18.2 Å². The molecule has 0 bridgehead atoms. The van der Waals surface area contributed by atoms with E-state index in [9.17, 15) is 13.2 Å². The number of H-pyrrole nitrogens is 1. The van der Waals surface area contributed by atoms with E-state index in [1.165, 1.54) is 10.9 Å². The molecule has 3 heterocycles. The maximum atomic E-state index is 12.2. The molecule has 0 saturated carbocycles. The summed E-state index contributed by atoms with van der Waals surface area (Å²) in [6.45, 7) is 1.85. The van der Waals surface area contributed by atoms with Gasteiger partial charge in [0.2, 0.25) is 0 Å². The van der Waals surface area contributed by atoms with Crippen LogP contribution >= 0.6 is 0 Å². The number of aromatic nitrogens is 3. The summed E-state index contributed by atoms with van der Waals surface area (Å²) < 4.78 is 24.3. The van der Waals surface area contributed by atoms with E-state index in [-0.39, 0.29) is 23.1 Å². The number of aryl methyl sites for hydroxylation is 1. The Bertz CT molecular complexity index is 772. The number of hydrogen-bond donors (Lipinski definition) is 1. The van der Waals surface area contributed by atoms with Crippen molar-refractivity contribution in [3.8, 4) is 0 Å². The van der Waals surface area contributed by atoms with Gasteiger partial charge < -0.3 is 4.98 Å². The standard InChI is InChI=1S/C11H13N3O3S/c1-7-4-9-10(13-7)12-6-14(11(9)15)8-2-3-18(16,17)5-8/h4,6,8,13H,2-3,5H2,1H3. The van der Waals surface area contributed by atoms with E-state index in [0.29, 0.717) is 17.5 Å². The molecule has 1 N–H and O–H groups in total. The maximum absolute atomic E-state index is 12.2. The summed E-state index contributed by atoms with van der Waals surface area (Å²) >= 11 is 0. The lowest BCUT2D eigenvalue weighted by atomic mass is 10.2. The van der Waals surface area contributed by atoms with Crippen LogP contribution in [0.3, 0.4) is 0 Å². The topological polar surface area (TPSA) is 84.8 Å². The van der Waals surface area contributed by atoms with Gasteiger partial charge in [0, 0.05) is 5.69 Å². The summed E-state index contributed by atoms with van der Waals surface area (Å²) in [4.78, 5) is 19.4. The summed E-state index contributed by atoms with van der Waals surface area (Å²) in [6.07, 6.45) is 1.92. The zero-order valence-corrected chi connectivity index (χ0v) is 10.7. The molecule has 2 aromatic heterocycles. The Morgan fingerprint density at radius 3 is 2.94 bits per heavy atom. The predicted molar refractivity (Wildman–Crippen MR) is 67.4 cm³/mol. The summed E-state index contributed by atoms with van der Waals surface area (Å²) in [6, 6.07) is 1.46. The highest BCUT2D eigenvalue weighted by Gasteiger charge is 2.30. The van der Waals surface area contributed by atoms with Gasteiger partial charge in [-0.05, 0) is 19.4 Å². The van der Waals surface area contributed by atoms with Crippen molar-refractivity contribution < 1.29 is 8.42 Å². The van der Waals surface area contributed by atoms with Crippen LogP contribution in [0.2, 0.25) is 0 Å². The molecule has 1 aliphatic heterocycles. The van der Waals surface area contributed by atoms with Crippen molar-refractivity contribution >= 4 is 20.9 Å². The summed E-state index contributed by atoms with van der Waals surface area (Å²) in [7, 11) is -3.00. The number of rotatable bonds is 1. The van der Waals surface area contributed by atoms with E-state index in [1.54, 1.807) is 6.07 Å². The lowest BCUT2D eigenvalue weighted by Gasteiger charge is -2.10. The van der Waals surface area contributed by atoms with Crippen LogP contribution in [-0.2, 0) is 9.84 Å². The second-order valence-electron chi connectivity index (χ2n) is 4.73. The number of hydrogen-bond acceptors (Lipinski definition) is 4. The quantitative estimate of drug-likeness (QED) is 0.810. The Morgan fingerprint density at radius 2 is 2.28 bits per heavy atom. The van der Waals surface area contributed by atoms with Gasteiger partial charge in [-0.1, -0.05) is 0 Å². The Morgan fingerprint density at radius 1 is 1.50 bits per heavy atom. The molecule has 1 saturated heterocycles. The first-order valence-electron chi connectivity index (χ1n) is 5.73. The van der Waals surface area contributed by atoms with Crippen molar-refractivity contribution in [3.05, 3.63) is 28.4 Å². The number of sulfone groups is 1. The van der Waals surface area contributed by atoms with Crippen molar-refractivity contribution in [2.24, 2.45) is 0 Å². The molecule has 0 spiro atoms. The first-order chi connectivity index (χ1) is 8.46. The second kappa shape index (κ2) is 3.68. The Labute approximate surface area is 104 Å². The molecule has 0 radical (unpaired) electrons. The van der Waals surface area contributed by atoms with Crippen LogP contribution in [0.4, 0.5) is 0 Å². The molecule has 1 fully saturated rings. The lowest BCUT2D eigenvalue weighted by Crippen LogP contribution is -2.25. The van der Waals surface area contributed by atoms with Gasteiger partial charge in [0.25, 0.3) is 5.56 Å². The normalized spacial score (nSPS) is 22.6. The molecule has 6 nitrogen and oxygen atoms in total. The van der Waals surface area contributed by atoms with Gasteiger partial charge in [-0.2, -0.15) is 0 Å². The van der Waals surface area contributed by atoms with E-state index in [0.717, 1.165) is 5.69 Å². The summed E-state index contributed by atoms with van der Waals surface area (Å²) in [5.74, 6) is 0.178. The van der Waals surface area contributed by atoms with Gasteiger partial charge in [0.15, 0.2) is 9.84 Å². The van der Waals surface area contributed by atoms with Crippen LogP contribution in [0.25, 0.3) is 11.0 Å². The molecule has 1 aliphatic rings. The SMILES string of the molecule is Cc1cc2c(=O)n(C3CCS(=O)(=O)C3)cnc2[nH]1. The molecular formula is C11H13N3O3S. The highest BCUT2D eigenvalue weighted by molar-refractivity contribution is 7.91. The largest absolute Gasteiger partial charge is 0.343 e. The summed E-state index contributed by atoms with van der Waals surface area (Å²) in [5.41, 5.74) is 1.24. The minimum atomic E-state index is -3.00. The fourth-order valence-electron chi connectivity index (χ4n) is 2.41. The van der Waals surface area contributed by atoms with Crippen LogP contribution < -0.4 is 5.56 Å². The molecule has 0 amide bonds. The molecule has 1 unspecified atom stereocenters. The molecule has 18 heavy (non-hydrogen) atoms. The number of nitrogens with zero attached hydrogens (tertiary/aromatic N) is 2. The average Bonchev–Trinajstić information content (AvgIpc) is 2.82. The van der Waals surface area contributed by atoms with Gasteiger partial charge in [0.1, 0.15) is 12.0 Å². The predicted octanol–water partition coefficient (Wildman–Crippen LogP) is 0.393. The molecule has 7 heteroatoms. The molecule has 3 rings (SSSR count). The van der Waals surface area contributed by atoms with Crippen molar-refractivity contribution in [2.45, 2.75) is 19.4 Å². The monoisotopic (exact) mass is 267 g/mol. The number of aromatic amines is 1. The molecule has 0 aliphatic carbocycles. The Balaban J connectivity index is 2.13. The van der Waals surface area contributed by atoms with Crippen molar-refractivity contribution in [3.63, 3.8) is 0 Å². The number of nitrogens with one attached hydrogen (secondary N) is 1. The highest BCUT2D eigenvalue weighted by atomic mass is 32.2. The van der Waals surface area contributed by atoms with Crippen LogP contribution in [-0.4, -0.2) is 34.5 Å². The molecule has 96 valence electrons. The Hall–Kier alpha value is -1.63. The fourth-order valence-corrected chi connectivity index (χ4v) is 4.12. The van der Waals surface area contributed by atoms with E-state index < -0.39 is 9.84 Å². The van der Waals surface area contributed by atoms with Gasteiger partial charge in [0.05, 0.1) is 22.9 Å². The van der Waals surface area contributed by atoms with E-state index >= 15 is 0 Å². The van der Waals surface area contributed by atoms with Gasteiger partial charge >= 0.3 is 0 Å². The summed E-state index contributed by atoms with van der Waals surface area (Å²) in [5, 5.41) is 0.513. The first kappa shape index (κ1) is 11.5. The number of fused-ring (bicyclic) bond motifs is 1. The van der Waals surface area contributed by atoms with E-state index in [1.807, 2.05) is 6.92 Å². The van der Waals surface area contributed by atoms with Crippen LogP contribution in [0.15, 0.2) is 17.2 Å². The molecule has 0 aromatic carbocycles. The van der Waals surface area contributed by atoms with Crippen LogP contribution in [0.5, 0.6) is 0 Å². The average molecular weight is 267 g/mol. The van der Waals surface area contributed by atoms with Crippen molar-refractivity contribution in [2.75, 3.05) is 11.5 Å². The smallest absolute Gasteiger partial charge is 0.263 e.